The molecule has 0 bridgehead atoms. The van der Waals surface area contributed by atoms with E-state index in [1.165, 1.54) is 6.07 Å². The topological polar surface area (TPSA) is 66.4 Å². The summed E-state index contributed by atoms with van der Waals surface area (Å²) in [6.45, 7) is 1.85. The Morgan fingerprint density at radius 2 is 2.14 bits per heavy atom. The fourth-order valence-electron chi connectivity index (χ4n) is 2.77. The summed E-state index contributed by atoms with van der Waals surface area (Å²) in [4.78, 5) is 23.3. The largest absolute Gasteiger partial charge is 0.481 e. The molecule has 120 valence electrons. The Kier molecular flexibility index (Phi) is 5.21. The highest BCUT2D eigenvalue weighted by Crippen LogP contribution is 2.44. The number of carboxylic acids is 1. The molecular weight excluding hydrogens is 353 g/mol. The molecule has 4 nitrogen and oxygen atoms in total. The van der Waals surface area contributed by atoms with Crippen LogP contribution in [-0.4, -0.2) is 23.0 Å². The summed E-state index contributed by atoms with van der Waals surface area (Å²) in [5, 5.41) is 12.1. The summed E-state index contributed by atoms with van der Waals surface area (Å²) in [5.41, 5.74) is 0.0283. The summed E-state index contributed by atoms with van der Waals surface area (Å²) >= 11 is 3.13. The van der Waals surface area contributed by atoms with Crippen molar-refractivity contribution >= 4 is 27.8 Å². The third-order valence-electron chi connectivity index (χ3n) is 4.20. The van der Waals surface area contributed by atoms with Gasteiger partial charge in [0, 0.05) is 12.5 Å². The number of rotatable bonds is 6. The molecule has 22 heavy (non-hydrogen) atoms. The van der Waals surface area contributed by atoms with Gasteiger partial charge in [-0.05, 0) is 59.8 Å². The van der Waals surface area contributed by atoms with Crippen molar-refractivity contribution < 1.29 is 19.1 Å². The lowest BCUT2D eigenvalue weighted by Crippen LogP contribution is -2.44. The first-order valence-corrected chi connectivity index (χ1v) is 8.08. The molecule has 0 spiro atoms. The smallest absolute Gasteiger partial charge is 0.310 e. The fourth-order valence-corrected chi connectivity index (χ4v) is 3.20. The number of carbonyl (C=O) groups is 2. The first-order valence-electron chi connectivity index (χ1n) is 7.29. The van der Waals surface area contributed by atoms with Crippen LogP contribution in [0, 0.1) is 11.2 Å². The molecular formula is C16H19BrFNO3. The van der Waals surface area contributed by atoms with Crippen molar-refractivity contribution in [3.8, 4) is 0 Å². The minimum Gasteiger partial charge on any atom is -0.481 e. The molecule has 2 rings (SSSR count). The van der Waals surface area contributed by atoms with Crippen LogP contribution in [0.4, 0.5) is 4.39 Å². The third kappa shape index (κ3) is 3.85. The first kappa shape index (κ1) is 16.9. The van der Waals surface area contributed by atoms with Gasteiger partial charge in [-0.15, -0.1) is 0 Å². The monoisotopic (exact) mass is 371 g/mol. The maximum Gasteiger partial charge on any atom is 0.310 e. The lowest BCUT2D eigenvalue weighted by atomic mass is 9.66. The molecule has 0 heterocycles. The van der Waals surface area contributed by atoms with Gasteiger partial charge < -0.3 is 10.4 Å². The predicted octanol–water partition coefficient (Wildman–Crippen LogP) is 3.28. The van der Waals surface area contributed by atoms with E-state index < -0.39 is 11.4 Å². The molecule has 6 heteroatoms. The van der Waals surface area contributed by atoms with E-state index in [9.17, 15) is 19.1 Å². The number of halogens is 2. The average Bonchev–Trinajstić information content (AvgIpc) is 2.37. The number of nitrogens with one attached hydrogen (secondary N) is 1. The number of hydrogen-bond donors (Lipinski definition) is 2. The molecule has 1 aliphatic carbocycles. The molecule has 1 aliphatic rings. The van der Waals surface area contributed by atoms with Gasteiger partial charge >= 0.3 is 5.97 Å². The summed E-state index contributed by atoms with van der Waals surface area (Å²) < 4.78 is 13.6. The third-order valence-corrected chi connectivity index (χ3v) is 4.80. The van der Waals surface area contributed by atoms with Gasteiger partial charge in [-0.25, -0.2) is 4.39 Å². The van der Waals surface area contributed by atoms with Gasteiger partial charge in [-0.3, -0.25) is 9.59 Å². The van der Waals surface area contributed by atoms with E-state index in [-0.39, 0.29) is 24.2 Å². The minimum absolute atomic E-state index is 0.0276. The zero-order valence-electron chi connectivity index (χ0n) is 12.4. The maximum atomic E-state index is 13.2. The van der Waals surface area contributed by atoms with Crippen molar-refractivity contribution in [2.45, 2.75) is 45.1 Å². The van der Waals surface area contributed by atoms with Crippen molar-refractivity contribution in [3.63, 3.8) is 0 Å². The Morgan fingerprint density at radius 1 is 1.45 bits per heavy atom. The average molecular weight is 372 g/mol. The van der Waals surface area contributed by atoms with E-state index >= 15 is 0 Å². The lowest BCUT2D eigenvalue weighted by molar-refractivity contribution is -0.157. The van der Waals surface area contributed by atoms with Gasteiger partial charge in [0.1, 0.15) is 5.82 Å². The van der Waals surface area contributed by atoms with Gasteiger partial charge in [0.15, 0.2) is 0 Å². The van der Waals surface area contributed by atoms with Crippen LogP contribution < -0.4 is 5.32 Å². The van der Waals surface area contributed by atoms with E-state index in [0.717, 1.165) is 12.0 Å². The van der Waals surface area contributed by atoms with Crippen LogP contribution in [0.3, 0.4) is 0 Å². The van der Waals surface area contributed by atoms with Gasteiger partial charge in [-0.1, -0.05) is 12.5 Å². The van der Waals surface area contributed by atoms with E-state index in [4.69, 9.17) is 0 Å². The molecule has 1 unspecified atom stereocenters. The van der Waals surface area contributed by atoms with Crippen LogP contribution in [0.5, 0.6) is 0 Å². The molecule has 0 aromatic heterocycles. The highest BCUT2D eigenvalue weighted by atomic mass is 79.9. The number of hydrogen-bond acceptors (Lipinski definition) is 2. The van der Waals surface area contributed by atoms with E-state index in [1.54, 1.807) is 12.1 Å². The molecule has 1 saturated carbocycles. The van der Waals surface area contributed by atoms with E-state index in [2.05, 4.69) is 21.2 Å². The Hall–Kier alpha value is -1.43. The van der Waals surface area contributed by atoms with Crippen LogP contribution in [0.15, 0.2) is 22.7 Å². The van der Waals surface area contributed by atoms with Crippen LogP contribution in [0.2, 0.25) is 0 Å². The Balaban J connectivity index is 1.88. The zero-order valence-corrected chi connectivity index (χ0v) is 14.0. The second-order valence-corrected chi connectivity index (χ2v) is 6.89. The van der Waals surface area contributed by atoms with Crippen molar-refractivity contribution in [1.29, 1.82) is 0 Å². The first-order chi connectivity index (χ1) is 10.3. The Morgan fingerprint density at radius 3 is 2.64 bits per heavy atom. The molecule has 1 atom stereocenters. The van der Waals surface area contributed by atoms with E-state index in [1.807, 2.05) is 6.92 Å². The SMILES string of the molecule is CC(Cc1ccc(F)c(Br)c1)NC(=O)CC1(C(=O)O)CCC1. The summed E-state index contributed by atoms with van der Waals surface area (Å²) in [7, 11) is 0. The van der Waals surface area contributed by atoms with E-state index in [0.29, 0.717) is 23.7 Å². The van der Waals surface area contributed by atoms with Gasteiger partial charge in [0.25, 0.3) is 0 Å². The number of amides is 1. The lowest BCUT2D eigenvalue weighted by Gasteiger charge is -2.37. The van der Waals surface area contributed by atoms with Crippen LogP contribution in [0.25, 0.3) is 0 Å². The zero-order chi connectivity index (χ0) is 16.3. The second-order valence-electron chi connectivity index (χ2n) is 6.04. The summed E-state index contributed by atoms with van der Waals surface area (Å²) in [6, 6.07) is 4.59. The van der Waals surface area contributed by atoms with Gasteiger partial charge in [-0.2, -0.15) is 0 Å². The van der Waals surface area contributed by atoms with Crippen molar-refractivity contribution in [2.75, 3.05) is 0 Å². The van der Waals surface area contributed by atoms with Crippen LogP contribution >= 0.6 is 15.9 Å². The molecule has 1 amide bonds. The normalized spacial score (nSPS) is 17.4. The van der Waals surface area contributed by atoms with Crippen molar-refractivity contribution in [3.05, 3.63) is 34.1 Å². The Bertz CT molecular complexity index is 587. The molecule has 2 N–H and O–H groups in total. The highest BCUT2D eigenvalue weighted by molar-refractivity contribution is 9.10. The Labute approximate surface area is 137 Å². The second kappa shape index (κ2) is 6.77. The quantitative estimate of drug-likeness (QED) is 0.806. The highest BCUT2D eigenvalue weighted by Gasteiger charge is 2.45. The minimum atomic E-state index is -0.885. The number of benzene rings is 1. The van der Waals surface area contributed by atoms with Gasteiger partial charge in [0.2, 0.25) is 5.91 Å². The molecule has 1 aromatic carbocycles. The standard InChI is InChI=1S/C16H19BrFNO3/c1-10(7-11-3-4-13(18)12(17)8-11)19-14(20)9-16(15(21)22)5-2-6-16/h3-4,8,10H,2,5-7,9H2,1H3,(H,19,20)(H,21,22). The fraction of sp³-hybridized carbons (Fsp3) is 0.500. The molecule has 0 saturated heterocycles. The maximum absolute atomic E-state index is 13.2. The summed E-state index contributed by atoms with van der Waals surface area (Å²) in [6.07, 6.45) is 2.58. The molecule has 0 aliphatic heterocycles. The molecule has 1 fully saturated rings. The molecule has 0 radical (unpaired) electrons. The summed E-state index contributed by atoms with van der Waals surface area (Å²) in [5.74, 6) is -1.45. The van der Waals surface area contributed by atoms with Gasteiger partial charge in [0.05, 0.1) is 9.89 Å². The number of carbonyl (C=O) groups excluding carboxylic acids is 1. The predicted molar refractivity (Wildman–Crippen MR) is 83.9 cm³/mol. The van der Waals surface area contributed by atoms with Crippen LogP contribution in [-0.2, 0) is 16.0 Å². The number of carboxylic acid groups (broad SMARTS) is 1. The van der Waals surface area contributed by atoms with Crippen molar-refractivity contribution in [2.24, 2.45) is 5.41 Å². The number of aliphatic carboxylic acids is 1. The molecule has 1 aromatic rings. The van der Waals surface area contributed by atoms with Crippen molar-refractivity contribution in [1.82, 2.24) is 5.32 Å². The van der Waals surface area contributed by atoms with Crippen LogP contribution in [0.1, 0.15) is 38.2 Å².